The Bertz CT molecular complexity index is 278. The van der Waals surface area contributed by atoms with Crippen molar-refractivity contribution in [1.82, 2.24) is 5.32 Å². The highest BCUT2D eigenvalue weighted by molar-refractivity contribution is 5.28. The fourth-order valence-electron chi connectivity index (χ4n) is 1.31. The van der Waals surface area contributed by atoms with E-state index in [0.29, 0.717) is 0 Å². The van der Waals surface area contributed by atoms with Gasteiger partial charge in [0.15, 0.2) is 0 Å². The summed E-state index contributed by atoms with van der Waals surface area (Å²) in [5.41, 5.74) is 1.17. The second-order valence-corrected chi connectivity index (χ2v) is 3.36. The molecular weight excluding hydrogens is 193 g/mol. The van der Waals surface area contributed by atoms with Gasteiger partial charge in [-0.05, 0) is 30.7 Å². The van der Waals surface area contributed by atoms with Gasteiger partial charge in [-0.2, -0.15) is 0 Å². The molecule has 0 fully saturated rings. The average molecular weight is 211 g/mol. The van der Waals surface area contributed by atoms with Gasteiger partial charge in [-0.25, -0.2) is 4.39 Å². The van der Waals surface area contributed by atoms with Gasteiger partial charge in [0, 0.05) is 6.54 Å². The minimum atomic E-state index is -0.446. The molecule has 0 saturated heterocycles. The number of benzene rings is 1. The van der Waals surface area contributed by atoms with Crippen LogP contribution in [0.2, 0.25) is 0 Å². The summed E-state index contributed by atoms with van der Waals surface area (Å²) < 4.78 is 17.1. The molecule has 0 bridgehead atoms. The van der Waals surface area contributed by atoms with Crippen molar-refractivity contribution in [3.05, 3.63) is 29.8 Å². The number of nitrogens with one attached hydrogen (secondary N) is 1. The van der Waals surface area contributed by atoms with E-state index in [0.717, 1.165) is 25.3 Å². The van der Waals surface area contributed by atoms with Gasteiger partial charge in [0.05, 0.1) is 0 Å². The molecule has 1 rings (SSSR count). The Morgan fingerprint density at radius 3 is 3.00 bits per heavy atom. The Hall–Kier alpha value is -1.09. The van der Waals surface area contributed by atoms with Gasteiger partial charge in [0.2, 0.25) is 0 Å². The van der Waals surface area contributed by atoms with Crippen molar-refractivity contribution in [2.45, 2.75) is 19.9 Å². The van der Waals surface area contributed by atoms with E-state index in [-0.39, 0.29) is 6.61 Å². The molecule has 0 atom stereocenters. The van der Waals surface area contributed by atoms with Crippen LogP contribution in [0, 0.1) is 0 Å². The van der Waals surface area contributed by atoms with Crippen LogP contribution in [0.15, 0.2) is 24.3 Å². The van der Waals surface area contributed by atoms with E-state index in [1.807, 2.05) is 24.3 Å². The van der Waals surface area contributed by atoms with Crippen molar-refractivity contribution in [1.29, 1.82) is 0 Å². The molecule has 0 aliphatic rings. The Morgan fingerprint density at radius 1 is 1.40 bits per heavy atom. The smallest absolute Gasteiger partial charge is 0.123 e. The summed E-state index contributed by atoms with van der Waals surface area (Å²) in [6.07, 6.45) is 1.12. The summed E-state index contributed by atoms with van der Waals surface area (Å²) in [6.45, 7) is 3.66. The quantitative estimate of drug-likeness (QED) is 0.700. The number of hydrogen-bond acceptors (Lipinski definition) is 2. The van der Waals surface area contributed by atoms with Gasteiger partial charge in [-0.3, -0.25) is 0 Å². The van der Waals surface area contributed by atoms with Crippen molar-refractivity contribution in [2.24, 2.45) is 0 Å². The third-order valence-corrected chi connectivity index (χ3v) is 2.00. The highest BCUT2D eigenvalue weighted by Crippen LogP contribution is 2.12. The molecule has 1 N–H and O–H groups in total. The molecule has 0 heterocycles. The van der Waals surface area contributed by atoms with Crippen LogP contribution in [0.1, 0.15) is 18.9 Å². The molecule has 0 unspecified atom stereocenters. The largest absolute Gasteiger partial charge is 0.491 e. The lowest BCUT2D eigenvalue weighted by atomic mass is 10.2. The zero-order chi connectivity index (χ0) is 10.9. The first-order valence-electron chi connectivity index (χ1n) is 5.35. The number of hydrogen-bond donors (Lipinski definition) is 1. The fourth-order valence-corrected chi connectivity index (χ4v) is 1.31. The van der Waals surface area contributed by atoms with Crippen LogP contribution in [-0.4, -0.2) is 19.8 Å². The van der Waals surface area contributed by atoms with Gasteiger partial charge in [0.1, 0.15) is 19.0 Å². The van der Waals surface area contributed by atoms with Crippen LogP contribution < -0.4 is 10.1 Å². The van der Waals surface area contributed by atoms with Gasteiger partial charge < -0.3 is 10.1 Å². The first-order valence-corrected chi connectivity index (χ1v) is 5.35. The van der Waals surface area contributed by atoms with Crippen LogP contribution in [0.3, 0.4) is 0 Å². The molecule has 0 spiro atoms. The number of rotatable bonds is 7. The molecule has 15 heavy (non-hydrogen) atoms. The Labute approximate surface area is 90.4 Å². The molecule has 3 heteroatoms. The highest BCUT2D eigenvalue weighted by Gasteiger charge is 1.96. The standard InChI is InChI=1S/C12H18FNO/c1-2-7-14-10-11-4-3-5-12(9-11)15-8-6-13/h3-5,9,14H,2,6-8,10H2,1H3. The summed E-state index contributed by atoms with van der Waals surface area (Å²) >= 11 is 0. The van der Waals surface area contributed by atoms with E-state index in [9.17, 15) is 4.39 Å². The van der Waals surface area contributed by atoms with Gasteiger partial charge in [-0.15, -0.1) is 0 Å². The first-order chi connectivity index (χ1) is 7.36. The summed E-state index contributed by atoms with van der Waals surface area (Å²) in [5, 5.41) is 3.31. The van der Waals surface area contributed by atoms with Crippen LogP contribution >= 0.6 is 0 Å². The summed E-state index contributed by atoms with van der Waals surface area (Å²) in [6, 6.07) is 7.75. The molecule has 0 aromatic heterocycles. The minimum Gasteiger partial charge on any atom is -0.491 e. The van der Waals surface area contributed by atoms with Gasteiger partial charge >= 0.3 is 0 Å². The fraction of sp³-hybridized carbons (Fsp3) is 0.500. The average Bonchev–Trinajstić information content (AvgIpc) is 2.27. The SMILES string of the molecule is CCCNCc1cccc(OCCF)c1. The number of alkyl halides is 1. The predicted molar refractivity (Wildman–Crippen MR) is 59.9 cm³/mol. The second kappa shape index (κ2) is 7.23. The Morgan fingerprint density at radius 2 is 2.27 bits per heavy atom. The maximum Gasteiger partial charge on any atom is 0.123 e. The third-order valence-electron chi connectivity index (χ3n) is 2.00. The number of halogens is 1. The first kappa shape index (κ1) is 12.0. The van der Waals surface area contributed by atoms with Crippen LogP contribution in [0.5, 0.6) is 5.75 Å². The van der Waals surface area contributed by atoms with Crippen molar-refractivity contribution < 1.29 is 9.13 Å². The van der Waals surface area contributed by atoms with Crippen molar-refractivity contribution >= 4 is 0 Å². The zero-order valence-electron chi connectivity index (χ0n) is 9.13. The normalized spacial score (nSPS) is 10.3. The Balaban J connectivity index is 2.42. The van der Waals surface area contributed by atoms with E-state index in [1.165, 1.54) is 5.56 Å². The van der Waals surface area contributed by atoms with E-state index in [4.69, 9.17) is 4.74 Å². The van der Waals surface area contributed by atoms with Crippen molar-refractivity contribution in [2.75, 3.05) is 19.8 Å². The van der Waals surface area contributed by atoms with Crippen LogP contribution in [-0.2, 0) is 6.54 Å². The molecule has 0 aliphatic carbocycles. The summed E-state index contributed by atoms with van der Waals surface area (Å²) in [5.74, 6) is 0.739. The van der Waals surface area contributed by atoms with Gasteiger partial charge in [-0.1, -0.05) is 19.1 Å². The monoisotopic (exact) mass is 211 g/mol. The molecule has 1 aromatic carbocycles. The van der Waals surface area contributed by atoms with Crippen LogP contribution in [0.25, 0.3) is 0 Å². The van der Waals surface area contributed by atoms with E-state index >= 15 is 0 Å². The van der Waals surface area contributed by atoms with Crippen molar-refractivity contribution in [3.8, 4) is 5.75 Å². The van der Waals surface area contributed by atoms with E-state index < -0.39 is 6.67 Å². The molecular formula is C12H18FNO. The zero-order valence-corrected chi connectivity index (χ0v) is 9.13. The second-order valence-electron chi connectivity index (χ2n) is 3.36. The van der Waals surface area contributed by atoms with E-state index in [2.05, 4.69) is 12.2 Å². The van der Waals surface area contributed by atoms with Crippen LogP contribution in [0.4, 0.5) is 4.39 Å². The molecule has 84 valence electrons. The third kappa shape index (κ3) is 4.79. The van der Waals surface area contributed by atoms with Crippen molar-refractivity contribution in [3.63, 3.8) is 0 Å². The molecule has 0 saturated carbocycles. The molecule has 0 amide bonds. The summed E-state index contributed by atoms with van der Waals surface area (Å²) in [4.78, 5) is 0. The lowest BCUT2D eigenvalue weighted by Crippen LogP contribution is -2.13. The van der Waals surface area contributed by atoms with Gasteiger partial charge in [0.25, 0.3) is 0 Å². The maximum absolute atomic E-state index is 11.9. The molecule has 1 aromatic rings. The topological polar surface area (TPSA) is 21.3 Å². The Kier molecular flexibility index (Phi) is 5.78. The lowest BCUT2D eigenvalue weighted by Gasteiger charge is -2.07. The molecule has 0 aliphatic heterocycles. The predicted octanol–water partition coefficient (Wildman–Crippen LogP) is 2.53. The maximum atomic E-state index is 11.9. The molecule has 0 radical (unpaired) electrons. The molecule has 2 nitrogen and oxygen atoms in total. The van der Waals surface area contributed by atoms with E-state index in [1.54, 1.807) is 0 Å². The highest BCUT2D eigenvalue weighted by atomic mass is 19.1. The summed E-state index contributed by atoms with van der Waals surface area (Å²) in [7, 11) is 0. The minimum absolute atomic E-state index is 0.131. The lowest BCUT2D eigenvalue weighted by molar-refractivity contribution is 0.273. The number of ether oxygens (including phenoxy) is 1.